The molecule has 2 N–H and O–H groups in total. The van der Waals surface area contributed by atoms with Crippen molar-refractivity contribution >= 4 is 11.9 Å². The van der Waals surface area contributed by atoms with E-state index in [1.165, 1.54) is 0 Å². The van der Waals surface area contributed by atoms with Gasteiger partial charge in [-0.1, -0.05) is 6.92 Å². The molecule has 0 radical (unpaired) electrons. The van der Waals surface area contributed by atoms with Crippen LogP contribution >= 0.6 is 0 Å². The molecule has 0 aromatic carbocycles. The number of terminal acetylenes is 1. The van der Waals surface area contributed by atoms with E-state index >= 15 is 0 Å². The molecule has 0 spiro atoms. The number of hydrogen-bond donors (Lipinski definition) is 2. The Balaban J connectivity index is 3.83. The number of hydrogen-bond acceptors (Lipinski definition) is 2. The summed E-state index contributed by atoms with van der Waals surface area (Å²) < 4.78 is 0. The lowest BCUT2D eigenvalue weighted by Gasteiger charge is -2.08. The second-order valence-corrected chi connectivity index (χ2v) is 2.30. The molecule has 4 nitrogen and oxygen atoms in total. The van der Waals surface area contributed by atoms with Crippen molar-refractivity contribution in [2.75, 3.05) is 6.54 Å². The maximum atomic E-state index is 10.5. The maximum absolute atomic E-state index is 10.5. The van der Waals surface area contributed by atoms with E-state index in [4.69, 9.17) is 11.5 Å². The molecule has 0 aliphatic rings. The summed E-state index contributed by atoms with van der Waals surface area (Å²) in [6.07, 6.45) is 5.24. The van der Waals surface area contributed by atoms with Crippen LogP contribution in [0.1, 0.15) is 13.3 Å². The van der Waals surface area contributed by atoms with Crippen molar-refractivity contribution in [3.63, 3.8) is 0 Å². The first-order valence-corrected chi connectivity index (χ1v) is 3.59. The molecule has 0 aliphatic carbocycles. The first kappa shape index (κ1) is 10.5. The Kier molecular flexibility index (Phi) is 4.54. The SMILES string of the molecule is C#CC(=O)NCC(CC)C(=O)O. The van der Waals surface area contributed by atoms with E-state index in [9.17, 15) is 9.59 Å². The lowest BCUT2D eigenvalue weighted by Crippen LogP contribution is -2.31. The van der Waals surface area contributed by atoms with Crippen molar-refractivity contribution in [1.29, 1.82) is 0 Å². The number of carboxylic acid groups (broad SMARTS) is 1. The van der Waals surface area contributed by atoms with Gasteiger partial charge in [0.1, 0.15) is 0 Å². The molecule has 4 heteroatoms. The summed E-state index contributed by atoms with van der Waals surface area (Å²) in [6, 6.07) is 0. The minimum Gasteiger partial charge on any atom is -0.481 e. The first-order valence-electron chi connectivity index (χ1n) is 3.59. The topological polar surface area (TPSA) is 66.4 Å². The number of carboxylic acids is 1. The fourth-order valence-corrected chi connectivity index (χ4v) is 0.673. The zero-order chi connectivity index (χ0) is 9.56. The summed E-state index contributed by atoms with van der Waals surface area (Å²) in [7, 11) is 0. The van der Waals surface area contributed by atoms with Gasteiger partial charge in [0.2, 0.25) is 0 Å². The van der Waals surface area contributed by atoms with Crippen LogP contribution < -0.4 is 5.32 Å². The lowest BCUT2D eigenvalue weighted by molar-refractivity contribution is -0.141. The van der Waals surface area contributed by atoms with Gasteiger partial charge in [-0.15, -0.1) is 6.42 Å². The third-order valence-corrected chi connectivity index (χ3v) is 1.48. The Hall–Kier alpha value is -1.50. The van der Waals surface area contributed by atoms with Gasteiger partial charge in [0.25, 0.3) is 5.91 Å². The largest absolute Gasteiger partial charge is 0.481 e. The molecule has 1 unspecified atom stereocenters. The van der Waals surface area contributed by atoms with Gasteiger partial charge in [-0.05, 0) is 12.3 Å². The van der Waals surface area contributed by atoms with E-state index in [2.05, 4.69) is 5.32 Å². The average Bonchev–Trinajstić information content (AvgIpc) is 2.04. The normalized spacial score (nSPS) is 11.3. The molecule has 12 heavy (non-hydrogen) atoms. The summed E-state index contributed by atoms with van der Waals surface area (Å²) in [6.45, 7) is 1.83. The van der Waals surface area contributed by atoms with Gasteiger partial charge in [-0.3, -0.25) is 9.59 Å². The van der Waals surface area contributed by atoms with E-state index in [0.717, 1.165) is 0 Å². The summed E-state index contributed by atoms with van der Waals surface area (Å²) in [5.41, 5.74) is 0. The molecule has 0 aliphatic heterocycles. The van der Waals surface area contributed by atoms with E-state index in [0.29, 0.717) is 6.42 Å². The highest BCUT2D eigenvalue weighted by Gasteiger charge is 2.14. The van der Waals surface area contributed by atoms with Gasteiger partial charge < -0.3 is 10.4 Å². The van der Waals surface area contributed by atoms with Crippen molar-refractivity contribution in [3.05, 3.63) is 0 Å². The fourth-order valence-electron chi connectivity index (χ4n) is 0.673. The molecule has 0 heterocycles. The third kappa shape index (κ3) is 3.62. The number of nitrogens with one attached hydrogen (secondary N) is 1. The molecule has 1 atom stereocenters. The summed E-state index contributed by atoms with van der Waals surface area (Å²) in [4.78, 5) is 20.9. The van der Waals surface area contributed by atoms with Crippen molar-refractivity contribution in [3.8, 4) is 12.3 Å². The molecule has 0 saturated carbocycles. The third-order valence-electron chi connectivity index (χ3n) is 1.48. The van der Waals surface area contributed by atoms with Crippen LogP contribution in [-0.4, -0.2) is 23.5 Å². The van der Waals surface area contributed by atoms with E-state index < -0.39 is 17.8 Å². The minimum atomic E-state index is -0.921. The quantitative estimate of drug-likeness (QED) is 0.575. The highest BCUT2D eigenvalue weighted by atomic mass is 16.4. The van der Waals surface area contributed by atoms with Gasteiger partial charge in [0.15, 0.2) is 0 Å². The Morgan fingerprint density at radius 1 is 1.67 bits per heavy atom. The van der Waals surface area contributed by atoms with Gasteiger partial charge in [0.05, 0.1) is 5.92 Å². The van der Waals surface area contributed by atoms with Crippen molar-refractivity contribution < 1.29 is 14.7 Å². The fraction of sp³-hybridized carbons (Fsp3) is 0.500. The number of carbonyl (C=O) groups is 2. The Morgan fingerprint density at radius 2 is 2.25 bits per heavy atom. The molecular formula is C8H11NO3. The average molecular weight is 169 g/mol. The van der Waals surface area contributed by atoms with Crippen LogP contribution in [0.25, 0.3) is 0 Å². The van der Waals surface area contributed by atoms with Crippen LogP contribution in [0.5, 0.6) is 0 Å². The molecule has 0 fully saturated rings. The molecule has 0 bridgehead atoms. The minimum absolute atomic E-state index is 0.0921. The van der Waals surface area contributed by atoms with Crippen molar-refractivity contribution in [2.24, 2.45) is 5.92 Å². The van der Waals surface area contributed by atoms with Crippen LogP contribution in [0.3, 0.4) is 0 Å². The summed E-state index contributed by atoms with van der Waals surface area (Å²) in [5.74, 6) is -0.209. The predicted molar refractivity (Wildman–Crippen MR) is 43.3 cm³/mol. The molecule has 0 aromatic heterocycles. The van der Waals surface area contributed by atoms with Gasteiger partial charge in [-0.2, -0.15) is 0 Å². The summed E-state index contributed by atoms with van der Waals surface area (Å²) in [5, 5.41) is 10.9. The van der Waals surface area contributed by atoms with Crippen LogP contribution in [-0.2, 0) is 9.59 Å². The van der Waals surface area contributed by atoms with Gasteiger partial charge in [-0.25, -0.2) is 0 Å². The standard InChI is InChI=1S/C8H11NO3/c1-3-6(8(11)12)5-9-7(10)4-2/h2,6H,3,5H2,1H3,(H,9,10)(H,11,12). The second-order valence-electron chi connectivity index (χ2n) is 2.30. The van der Waals surface area contributed by atoms with E-state index in [1.54, 1.807) is 6.92 Å². The zero-order valence-corrected chi connectivity index (χ0v) is 6.83. The molecule has 66 valence electrons. The first-order chi connectivity index (χ1) is 5.61. The zero-order valence-electron chi connectivity index (χ0n) is 6.83. The van der Waals surface area contributed by atoms with Crippen LogP contribution in [0.15, 0.2) is 0 Å². The Labute approximate surface area is 71.0 Å². The monoisotopic (exact) mass is 169 g/mol. The number of rotatable bonds is 4. The van der Waals surface area contributed by atoms with E-state index in [1.807, 2.05) is 5.92 Å². The highest BCUT2D eigenvalue weighted by molar-refractivity contribution is 5.93. The number of aliphatic carboxylic acids is 1. The molecule has 0 rings (SSSR count). The van der Waals surface area contributed by atoms with Crippen LogP contribution in [0, 0.1) is 18.3 Å². The molecule has 0 aromatic rings. The Bertz CT molecular complexity index is 217. The van der Waals surface area contributed by atoms with Crippen molar-refractivity contribution in [2.45, 2.75) is 13.3 Å². The maximum Gasteiger partial charge on any atom is 0.308 e. The van der Waals surface area contributed by atoms with Gasteiger partial charge >= 0.3 is 5.97 Å². The van der Waals surface area contributed by atoms with Crippen molar-refractivity contribution in [1.82, 2.24) is 5.32 Å². The predicted octanol–water partition coefficient (Wildman–Crippen LogP) is -0.153. The Morgan fingerprint density at radius 3 is 2.58 bits per heavy atom. The number of carbonyl (C=O) groups excluding carboxylic acids is 1. The summed E-state index contributed by atoms with van der Waals surface area (Å²) >= 11 is 0. The molecule has 0 saturated heterocycles. The highest BCUT2D eigenvalue weighted by Crippen LogP contribution is 1.99. The smallest absolute Gasteiger partial charge is 0.308 e. The number of amides is 1. The second kappa shape index (κ2) is 5.19. The van der Waals surface area contributed by atoms with Crippen LogP contribution in [0.4, 0.5) is 0 Å². The lowest BCUT2D eigenvalue weighted by atomic mass is 10.1. The van der Waals surface area contributed by atoms with E-state index in [-0.39, 0.29) is 6.54 Å². The molecular weight excluding hydrogens is 158 g/mol. The van der Waals surface area contributed by atoms with Gasteiger partial charge in [0, 0.05) is 6.54 Å². The van der Waals surface area contributed by atoms with Crippen LogP contribution in [0.2, 0.25) is 0 Å². The molecule has 1 amide bonds.